The normalized spacial score (nSPS) is 14.5. The summed E-state index contributed by atoms with van der Waals surface area (Å²) in [5.41, 5.74) is 3.11. The molecular formula is C19H25N5O. The molecule has 1 aromatic carbocycles. The fraction of sp³-hybridized carbons (Fsp3) is 0.421. The highest BCUT2D eigenvalue weighted by Gasteiger charge is 2.21. The van der Waals surface area contributed by atoms with Gasteiger partial charge in [0.25, 0.3) is 0 Å². The number of nitrogens with one attached hydrogen (secondary N) is 1. The van der Waals surface area contributed by atoms with E-state index < -0.39 is 0 Å². The molecular weight excluding hydrogens is 314 g/mol. The van der Waals surface area contributed by atoms with E-state index in [0.29, 0.717) is 12.4 Å². The first-order valence-corrected chi connectivity index (χ1v) is 8.77. The summed E-state index contributed by atoms with van der Waals surface area (Å²) in [6, 6.07) is 10.2. The van der Waals surface area contributed by atoms with Gasteiger partial charge in [-0.3, -0.25) is 4.79 Å². The number of amides is 1. The van der Waals surface area contributed by atoms with Crippen molar-refractivity contribution < 1.29 is 4.79 Å². The van der Waals surface area contributed by atoms with Gasteiger partial charge < -0.3 is 15.1 Å². The summed E-state index contributed by atoms with van der Waals surface area (Å²) in [6.45, 7) is 9.03. The van der Waals surface area contributed by atoms with Crippen molar-refractivity contribution >= 4 is 23.4 Å². The topological polar surface area (TPSA) is 61.4 Å². The summed E-state index contributed by atoms with van der Waals surface area (Å²) in [6.07, 6.45) is 0.567. The number of piperazine rings is 1. The van der Waals surface area contributed by atoms with Gasteiger partial charge in [0, 0.05) is 50.0 Å². The van der Waals surface area contributed by atoms with Crippen molar-refractivity contribution in [2.24, 2.45) is 0 Å². The molecule has 6 heteroatoms. The highest BCUT2D eigenvalue weighted by atomic mass is 16.2. The Morgan fingerprint density at radius 2 is 1.76 bits per heavy atom. The zero-order valence-electron chi connectivity index (χ0n) is 15.1. The molecule has 2 heterocycles. The quantitative estimate of drug-likeness (QED) is 0.928. The smallest absolute Gasteiger partial charge is 0.229 e. The van der Waals surface area contributed by atoms with E-state index in [1.54, 1.807) is 0 Å². The van der Waals surface area contributed by atoms with Crippen LogP contribution in [0.15, 0.2) is 30.3 Å². The first-order chi connectivity index (χ1) is 12.0. The molecule has 25 heavy (non-hydrogen) atoms. The van der Waals surface area contributed by atoms with E-state index in [2.05, 4.69) is 39.2 Å². The summed E-state index contributed by atoms with van der Waals surface area (Å²) in [7, 11) is 0. The lowest BCUT2D eigenvalue weighted by atomic mass is 10.2. The third-order valence-electron chi connectivity index (χ3n) is 4.41. The SMILES string of the molecule is CCC(=O)N1CCN(c2cc(C)nc(Nc3ccc(C)cc3)n2)CC1. The van der Waals surface area contributed by atoms with Crippen LogP contribution in [0, 0.1) is 13.8 Å². The number of hydrogen-bond donors (Lipinski definition) is 1. The number of hydrogen-bond acceptors (Lipinski definition) is 5. The van der Waals surface area contributed by atoms with Crippen LogP contribution in [0.1, 0.15) is 24.6 Å². The molecule has 1 aromatic heterocycles. The van der Waals surface area contributed by atoms with Gasteiger partial charge >= 0.3 is 0 Å². The predicted octanol–water partition coefficient (Wildman–Crippen LogP) is 2.90. The highest BCUT2D eigenvalue weighted by Crippen LogP contribution is 2.20. The molecule has 1 saturated heterocycles. The number of rotatable bonds is 4. The van der Waals surface area contributed by atoms with Crippen molar-refractivity contribution in [3.8, 4) is 0 Å². The average Bonchev–Trinajstić information content (AvgIpc) is 2.62. The molecule has 0 spiro atoms. The second-order valence-corrected chi connectivity index (χ2v) is 6.40. The predicted molar refractivity (Wildman–Crippen MR) is 100 cm³/mol. The maximum Gasteiger partial charge on any atom is 0.229 e. The van der Waals surface area contributed by atoms with Gasteiger partial charge in [0.1, 0.15) is 5.82 Å². The summed E-state index contributed by atoms with van der Waals surface area (Å²) in [5.74, 6) is 1.73. The summed E-state index contributed by atoms with van der Waals surface area (Å²) in [5, 5.41) is 3.27. The Hall–Kier alpha value is -2.63. The molecule has 1 fully saturated rings. The van der Waals surface area contributed by atoms with E-state index in [-0.39, 0.29) is 5.91 Å². The van der Waals surface area contributed by atoms with Crippen molar-refractivity contribution in [2.75, 3.05) is 36.4 Å². The van der Waals surface area contributed by atoms with E-state index >= 15 is 0 Å². The average molecular weight is 339 g/mol. The third kappa shape index (κ3) is 4.26. The number of carbonyl (C=O) groups is 1. The number of benzene rings is 1. The van der Waals surface area contributed by atoms with Crippen LogP contribution in [-0.2, 0) is 4.79 Å². The van der Waals surface area contributed by atoms with Gasteiger partial charge in [0.2, 0.25) is 11.9 Å². The van der Waals surface area contributed by atoms with E-state index in [9.17, 15) is 4.79 Å². The van der Waals surface area contributed by atoms with Crippen LogP contribution in [-0.4, -0.2) is 47.0 Å². The maximum absolute atomic E-state index is 11.8. The Kier molecular flexibility index (Phi) is 5.16. The molecule has 0 bridgehead atoms. The first-order valence-electron chi connectivity index (χ1n) is 8.77. The van der Waals surface area contributed by atoms with E-state index in [1.165, 1.54) is 5.56 Å². The Labute approximate surface area is 148 Å². The third-order valence-corrected chi connectivity index (χ3v) is 4.41. The van der Waals surface area contributed by atoms with Gasteiger partial charge in [-0.05, 0) is 26.0 Å². The highest BCUT2D eigenvalue weighted by molar-refractivity contribution is 5.76. The molecule has 1 N–H and O–H groups in total. The minimum atomic E-state index is 0.222. The van der Waals surface area contributed by atoms with Crippen LogP contribution in [0.5, 0.6) is 0 Å². The van der Waals surface area contributed by atoms with Crippen molar-refractivity contribution in [1.82, 2.24) is 14.9 Å². The molecule has 0 aliphatic carbocycles. The first kappa shape index (κ1) is 17.2. The number of anilines is 3. The van der Waals surface area contributed by atoms with E-state index in [1.807, 2.05) is 36.9 Å². The lowest BCUT2D eigenvalue weighted by Crippen LogP contribution is -2.48. The largest absolute Gasteiger partial charge is 0.353 e. The van der Waals surface area contributed by atoms with Crippen LogP contribution in [0.3, 0.4) is 0 Å². The molecule has 3 rings (SSSR count). The molecule has 1 aliphatic heterocycles. The Bertz CT molecular complexity index is 736. The fourth-order valence-electron chi connectivity index (χ4n) is 2.94. The zero-order valence-corrected chi connectivity index (χ0v) is 15.1. The van der Waals surface area contributed by atoms with Gasteiger partial charge in [0.05, 0.1) is 0 Å². The lowest BCUT2D eigenvalue weighted by molar-refractivity contribution is -0.131. The minimum absolute atomic E-state index is 0.222. The molecule has 1 aliphatic rings. The molecule has 0 atom stereocenters. The van der Waals surface area contributed by atoms with Crippen molar-refractivity contribution in [2.45, 2.75) is 27.2 Å². The van der Waals surface area contributed by atoms with Crippen LogP contribution in [0.4, 0.5) is 17.5 Å². The number of aryl methyl sites for hydroxylation is 2. The second kappa shape index (κ2) is 7.51. The Balaban J connectivity index is 1.71. The van der Waals surface area contributed by atoms with Gasteiger partial charge in [-0.15, -0.1) is 0 Å². The van der Waals surface area contributed by atoms with Crippen LogP contribution in [0.25, 0.3) is 0 Å². The molecule has 6 nitrogen and oxygen atoms in total. The maximum atomic E-state index is 11.8. The van der Waals surface area contributed by atoms with Gasteiger partial charge in [-0.25, -0.2) is 4.98 Å². The molecule has 132 valence electrons. The Morgan fingerprint density at radius 3 is 2.40 bits per heavy atom. The van der Waals surface area contributed by atoms with Gasteiger partial charge in [0.15, 0.2) is 0 Å². The molecule has 2 aromatic rings. The Morgan fingerprint density at radius 1 is 1.08 bits per heavy atom. The van der Waals surface area contributed by atoms with Crippen molar-refractivity contribution in [3.05, 3.63) is 41.6 Å². The lowest BCUT2D eigenvalue weighted by Gasteiger charge is -2.35. The molecule has 0 radical (unpaired) electrons. The van der Waals surface area contributed by atoms with Gasteiger partial charge in [-0.1, -0.05) is 24.6 Å². The van der Waals surface area contributed by atoms with Gasteiger partial charge in [-0.2, -0.15) is 4.98 Å². The second-order valence-electron chi connectivity index (χ2n) is 6.40. The van der Waals surface area contributed by atoms with Crippen LogP contribution < -0.4 is 10.2 Å². The standard InChI is InChI=1S/C19H25N5O/c1-4-18(25)24-11-9-23(10-12-24)17-13-15(3)20-19(22-17)21-16-7-5-14(2)6-8-16/h5-8,13H,4,9-12H2,1-3H3,(H,20,21,22). The number of carbonyl (C=O) groups excluding carboxylic acids is 1. The van der Waals surface area contributed by atoms with Crippen LogP contribution >= 0.6 is 0 Å². The zero-order chi connectivity index (χ0) is 17.8. The molecule has 0 saturated carbocycles. The summed E-state index contributed by atoms with van der Waals surface area (Å²) in [4.78, 5) is 25.1. The summed E-state index contributed by atoms with van der Waals surface area (Å²) >= 11 is 0. The number of nitrogens with zero attached hydrogens (tertiary/aromatic N) is 4. The van der Waals surface area contributed by atoms with Crippen molar-refractivity contribution in [1.29, 1.82) is 0 Å². The van der Waals surface area contributed by atoms with Crippen LogP contribution in [0.2, 0.25) is 0 Å². The minimum Gasteiger partial charge on any atom is -0.353 e. The van der Waals surface area contributed by atoms with E-state index in [4.69, 9.17) is 0 Å². The van der Waals surface area contributed by atoms with E-state index in [0.717, 1.165) is 43.4 Å². The monoisotopic (exact) mass is 339 g/mol. The fourth-order valence-corrected chi connectivity index (χ4v) is 2.94. The summed E-state index contributed by atoms with van der Waals surface area (Å²) < 4.78 is 0. The molecule has 0 unspecified atom stereocenters. The number of aromatic nitrogens is 2. The molecule has 1 amide bonds. The van der Waals surface area contributed by atoms with Crippen molar-refractivity contribution in [3.63, 3.8) is 0 Å².